The first kappa shape index (κ1) is 15.2. The van der Waals surface area contributed by atoms with Crippen LogP contribution in [0.25, 0.3) is 0 Å². The third kappa shape index (κ3) is 3.29. The van der Waals surface area contributed by atoms with Gasteiger partial charge in [0, 0.05) is 22.4 Å². The highest BCUT2D eigenvalue weighted by Gasteiger charge is 2.13. The summed E-state index contributed by atoms with van der Waals surface area (Å²) in [6, 6.07) is 11.1. The fraction of sp³-hybridized carbons (Fsp3) is 0.0625. The van der Waals surface area contributed by atoms with Gasteiger partial charge in [0.25, 0.3) is 5.91 Å². The number of amides is 3. The molecule has 6 nitrogen and oxygen atoms in total. The highest BCUT2D eigenvalue weighted by Crippen LogP contribution is 2.17. The van der Waals surface area contributed by atoms with Crippen LogP contribution in [0.15, 0.2) is 42.5 Å². The molecule has 0 aliphatic carbocycles. The van der Waals surface area contributed by atoms with Crippen molar-refractivity contribution in [3.8, 4) is 0 Å². The lowest BCUT2D eigenvalue weighted by Gasteiger charge is -2.10. The van der Waals surface area contributed by atoms with Gasteiger partial charge in [0.2, 0.25) is 11.8 Å². The van der Waals surface area contributed by atoms with E-state index in [4.69, 9.17) is 11.5 Å². The van der Waals surface area contributed by atoms with Crippen LogP contribution < -0.4 is 16.8 Å². The molecular weight excluding hydrogens is 282 g/mol. The Hall–Kier alpha value is -3.15. The Bertz CT molecular complexity index is 737. The molecule has 0 heterocycles. The quantitative estimate of drug-likeness (QED) is 0.793. The SMILES string of the molecule is Cc1ccccc1C(=O)Nc1cc(C(N)=O)cc(C(N)=O)c1. The number of anilines is 1. The van der Waals surface area contributed by atoms with Gasteiger partial charge in [-0.1, -0.05) is 18.2 Å². The Labute approximate surface area is 127 Å². The second-order valence-electron chi connectivity index (χ2n) is 4.80. The lowest BCUT2D eigenvalue weighted by atomic mass is 10.1. The number of hydrogen-bond donors (Lipinski definition) is 3. The summed E-state index contributed by atoms with van der Waals surface area (Å²) in [5.41, 5.74) is 12.2. The van der Waals surface area contributed by atoms with E-state index in [1.54, 1.807) is 12.1 Å². The van der Waals surface area contributed by atoms with Gasteiger partial charge in [-0.15, -0.1) is 0 Å². The Morgan fingerprint density at radius 2 is 1.45 bits per heavy atom. The molecule has 0 saturated heterocycles. The Morgan fingerprint density at radius 1 is 0.909 bits per heavy atom. The van der Waals surface area contributed by atoms with Gasteiger partial charge in [-0.25, -0.2) is 0 Å². The van der Waals surface area contributed by atoms with E-state index in [1.165, 1.54) is 18.2 Å². The van der Waals surface area contributed by atoms with Crippen molar-refractivity contribution in [1.82, 2.24) is 0 Å². The molecule has 6 heteroatoms. The highest BCUT2D eigenvalue weighted by atomic mass is 16.2. The van der Waals surface area contributed by atoms with Crippen LogP contribution in [0, 0.1) is 6.92 Å². The van der Waals surface area contributed by atoms with Gasteiger partial charge in [0.1, 0.15) is 0 Å². The minimum absolute atomic E-state index is 0.0939. The zero-order valence-corrected chi connectivity index (χ0v) is 11.9. The topological polar surface area (TPSA) is 115 Å². The van der Waals surface area contributed by atoms with Crippen LogP contribution in [0.1, 0.15) is 36.6 Å². The molecule has 0 radical (unpaired) electrons. The lowest BCUT2D eigenvalue weighted by Crippen LogP contribution is -2.18. The van der Waals surface area contributed by atoms with E-state index in [-0.39, 0.29) is 22.7 Å². The molecule has 0 unspecified atom stereocenters. The normalized spacial score (nSPS) is 10.0. The maximum absolute atomic E-state index is 12.3. The smallest absolute Gasteiger partial charge is 0.255 e. The molecule has 0 atom stereocenters. The molecule has 22 heavy (non-hydrogen) atoms. The van der Waals surface area contributed by atoms with E-state index in [0.717, 1.165) is 5.56 Å². The van der Waals surface area contributed by atoms with Gasteiger partial charge in [-0.05, 0) is 36.8 Å². The van der Waals surface area contributed by atoms with Gasteiger partial charge >= 0.3 is 0 Å². The first-order chi connectivity index (χ1) is 10.4. The van der Waals surface area contributed by atoms with Crippen LogP contribution in [0.5, 0.6) is 0 Å². The van der Waals surface area contributed by atoms with Crippen molar-refractivity contribution in [2.75, 3.05) is 5.32 Å². The fourth-order valence-corrected chi connectivity index (χ4v) is 2.01. The van der Waals surface area contributed by atoms with Crippen LogP contribution in [0.4, 0.5) is 5.69 Å². The average Bonchev–Trinajstić information content (AvgIpc) is 2.47. The number of nitrogens with one attached hydrogen (secondary N) is 1. The van der Waals surface area contributed by atoms with Crippen LogP contribution in [0.2, 0.25) is 0 Å². The van der Waals surface area contributed by atoms with Crippen LogP contribution in [-0.4, -0.2) is 17.7 Å². The fourth-order valence-electron chi connectivity index (χ4n) is 2.01. The molecule has 0 saturated carbocycles. The van der Waals surface area contributed by atoms with Gasteiger partial charge in [-0.2, -0.15) is 0 Å². The molecule has 3 amide bonds. The zero-order valence-electron chi connectivity index (χ0n) is 11.9. The molecule has 0 aliphatic rings. The maximum Gasteiger partial charge on any atom is 0.255 e. The molecule has 2 aromatic rings. The van der Waals surface area contributed by atoms with Crippen LogP contribution >= 0.6 is 0 Å². The summed E-state index contributed by atoms with van der Waals surface area (Å²) in [7, 11) is 0. The summed E-state index contributed by atoms with van der Waals surface area (Å²) in [6.07, 6.45) is 0. The van der Waals surface area contributed by atoms with E-state index in [1.807, 2.05) is 19.1 Å². The first-order valence-electron chi connectivity index (χ1n) is 6.50. The molecule has 2 rings (SSSR count). The van der Waals surface area contributed by atoms with Crippen LogP contribution in [-0.2, 0) is 0 Å². The Balaban J connectivity index is 2.37. The van der Waals surface area contributed by atoms with Crippen LogP contribution in [0.3, 0.4) is 0 Å². The predicted molar refractivity (Wildman–Crippen MR) is 82.6 cm³/mol. The monoisotopic (exact) mass is 297 g/mol. The number of hydrogen-bond acceptors (Lipinski definition) is 3. The zero-order chi connectivity index (χ0) is 16.3. The predicted octanol–water partition coefficient (Wildman–Crippen LogP) is 1.45. The van der Waals surface area contributed by atoms with E-state index in [0.29, 0.717) is 5.56 Å². The van der Waals surface area contributed by atoms with Gasteiger partial charge < -0.3 is 16.8 Å². The number of carbonyl (C=O) groups excluding carboxylic acids is 3. The number of rotatable bonds is 4. The summed E-state index contributed by atoms with van der Waals surface area (Å²) in [5.74, 6) is -1.78. The number of primary amides is 2. The standard InChI is InChI=1S/C16H15N3O3/c1-9-4-2-3-5-13(9)16(22)19-12-7-10(14(17)20)6-11(8-12)15(18)21/h2-8H,1H3,(H2,17,20)(H2,18,21)(H,19,22). The third-order valence-electron chi connectivity index (χ3n) is 3.15. The highest BCUT2D eigenvalue weighted by molar-refractivity contribution is 6.07. The second kappa shape index (κ2) is 6.09. The number of benzene rings is 2. The molecule has 0 aliphatic heterocycles. The summed E-state index contributed by atoms with van der Waals surface area (Å²) in [4.78, 5) is 34.8. The number of aryl methyl sites for hydroxylation is 1. The number of carbonyl (C=O) groups is 3. The van der Waals surface area contributed by atoms with E-state index in [9.17, 15) is 14.4 Å². The first-order valence-corrected chi connectivity index (χ1v) is 6.50. The summed E-state index contributed by atoms with van der Waals surface area (Å²) in [5, 5.41) is 2.64. The molecule has 0 aromatic heterocycles. The molecule has 112 valence electrons. The van der Waals surface area contributed by atoms with Gasteiger partial charge in [-0.3, -0.25) is 14.4 Å². The maximum atomic E-state index is 12.3. The summed E-state index contributed by atoms with van der Waals surface area (Å²) >= 11 is 0. The Kier molecular flexibility index (Phi) is 4.22. The third-order valence-corrected chi connectivity index (χ3v) is 3.15. The average molecular weight is 297 g/mol. The molecular formula is C16H15N3O3. The van der Waals surface area contributed by atoms with Crippen molar-refractivity contribution in [1.29, 1.82) is 0 Å². The number of nitrogens with two attached hydrogens (primary N) is 2. The Morgan fingerprint density at radius 3 is 1.95 bits per heavy atom. The molecule has 5 N–H and O–H groups in total. The van der Waals surface area contributed by atoms with Crippen molar-refractivity contribution in [3.63, 3.8) is 0 Å². The molecule has 0 fully saturated rings. The van der Waals surface area contributed by atoms with Crippen molar-refractivity contribution in [2.24, 2.45) is 11.5 Å². The van der Waals surface area contributed by atoms with Crippen molar-refractivity contribution < 1.29 is 14.4 Å². The minimum Gasteiger partial charge on any atom is -0.366 e. The molecule has 2 aromatic carbocycles. The largest absolute Gasteiger partial charge is 0.366 e. The van der Waals surface area contributed by atoms with Gasteiger partial charge in [0.15, 0.2) is 0 Å². The van der Waals surface area contributed by atoms with E-state index < -0.39 is 11.8 Å². The van der Waals surface area contributed by atoms with Crippen molar-refractivity contribution >= 4 is 23.4 Å². The molecule has 0 spiro atoms. The van der Waals surface area contributed by atoms with Crippen molar-refractivity contribution in [2.45, 2.75) is 6.92 Å². The van der Waals surface area contributed by atoms with Crippen molar-refractivity contribution in [3.05, 3.63) is 64.7 Å². The lowest BCUT2D eigenvalue weighted by molar-refractivity contribution is 0.0994. The summed E-state index contributed by atoms with van der Waals surface area (Å²) in [6.45, 7) is 1.81. The minimum atomic E-state index is -0.713. The molecule has 0 bridgehead atoms. The summed E-state index contributed by atoms with van der Waals surface area (Å²) < 4.78 is 0. The van der Waals surface area contributed by atoms with Gasteiger partial charge in [0.05, 0.1) is 0 Å². The van der Waals surface area contributed by atoms with E-state index in [2.05, 4.69) is 5.32 Å². The second-order valence-corrected chi connectivity index (χ2v) is 4.80. The van der Waals surface area contributed by atoms with E-state index >= 15 is 0 Å².